The molecule has 0 aromatic heterocycles. The SMILES string of the molecule is CCNC(=NCC(C)(C)N1CC(C)CC(C)C1)N1CCC(CC(=O)NC)CC1. The highest BCUT2D eigenvalue weighted by molar-refractivity contribution is 5.80. The fourth-order valence-corrected chi connectivity index (χ4v) is 4.66. The number of rotatable bonds is 6. The number of hydrogen-bond donors (Lipinski definition) is 2. The van der Waals surface area contributed by atoms with E-state index in [9.17, 15) is 4.79 Å². The van der Waals surface area contributed by atoms with Gasteiger partial charge in [-0.05, 0) is 57.8 Å². The fourth-order valence-electron chi connectivity index (χ4n) is 4.66. The first-order valence-electron chi connectivity index (χ1n) is 11.2. The van der Waals surface area contributed by atoms with Crippen molar-refractivity contribution in [1.82, 2.24) is 20.4 Å². The van der Waals surface area contributed by atoms with Gasteiger partial charge in [0.25, 0.3) is 0 Å². The molecule has 0 radical (unpaired) electrons. The van der Waals surface area contributed by atoms with Crippen molar-refractivity contribution in [2.75, 3.05) is 46.3 Å². The standard InChI is InChI=1S/C22H43N5O/c1-7-24-21(26-10-8-19(9-11-26)13-20(28)23-6)25-16-22(4,5)27-14-17(2)12-18(3)15-27/h17-19H,7-16H2,1-6H3,(H,23,28)(H,24,25). The number of carbonyl (C=O) groups excluding carboxylic acids is 1. The Morgan fingerprint density at radius 3 is 2.29 bits per heavy atom. The van der Waals surface area contributed by atoms with E-state index in [2.05, 4.69) is 55.1 Å². The maximum absolute atomic E-state index is 11.6. The molecule has 2 N–H and O–H groups in total. The molecule has 2 atom stereocenters. The molecular weight excluding hydrogens is 350 g/mol. The first kappa shape index (κ1) is 23.0. The predicted octanol–water partition coefficient (Wildman–Crippen LogP) is 2.56. The van der Waals surface area contributed by atoms with Crippen LogP contribution in [0.15, 0.2) is 4.99 Å². The molecule has 1 amide bonds. The van der Waals surface area contributed by atoms with Gasteiger partial charge in [0.05, 0.1) is 6.54 Å². The molecule has 0 saturated carbocycles. The Kier molecular flexibility index (Phi) is 8.59. The lowest BCUT2D eigenvalue weighted by molar-refractivity contribution is -0.121. The molecule has 0 aliphatic carbocycles. The number of likely N-dealkylation sites (tertiary alicyclic amines) is 2. The molecule has 2 aliphatic rings. The Balaban J connectivity index is 1.95. The highest BCUT2D eigenvalue weighted by Gasteiger charge is 2.33. The molecule has 6 heteroatoms. The van der Waals surface area contributed by atoms with Gasteiger partial charge in [0, 0.05) is 51.7 Å². The van der Waals surface area contributed by atoms with Gasteiger partial charge in [-0.2, -0.15) is 0 Å². The molecule has 0 aromatic carbocycles. The smallest absolute Gasteiger partial charge is 0.220 e. The molecule has 2 heterocycles. The van der Waals surface area contributed by atoms with E-state index < -0.39 is 0 Å². The second-order valence-electron chi connectivity index (χ2n) is 9.64. The molecular formula is C22H43N5O. The lowest BCUT2D eigenvalue weighted by Gasteiger charge is -2.44. The number of piperidine rings is 2. The number of aliphatic imine (C=N–C) groups is 1. The van der Waals surface area contributed by atoms with E-state index in [-0.39, 0.29) is 11.4 Å². The highest BCUT2D eigenvalue weighted by Crippen LogP contribution is 2.27. The molecule has 0 bridgehead atoms. The van der Waals surface area contributed by atoms with Crippen LogP contribution in [0.1, 0.15) is 60.3 Å². The number of nitrogens with one attached hydrogen (secondary N) is 2. The summed E-state index contributed by atoms with van der Waals surface area (Å²) in [7, 11) is 1.72. The van der Waals surface area contributed by atoms with Crippen molar-refractivity contribution in [2.45, 2.75) is 65.8 Å². The summed E-state index contributed by atoms with van der Waals surface area (Å²) in [5.41, 5.74) is 0.0706. The van der Waals surface area contributed by atoms with Crippen molar-refractivity contribution in [1.29, 1.82) is 0 Å². The molecule has 162 valence electrons. The quantitative estimate of drug-likeness (QED) is 0.538. The zero-order valence-electron chi connectivity index (χ0n) is 19.1. The third kappa shape index (κ3) is 6.64. The van der Waals surface area contributed by atoms with Crippen LogP contribution in [0.25, 0.3) is 0 Å². The first-order valence-corrected chi connectivity index (χ1v) is 11.2. The molecule has 6 nitrogen and oxygen atoms in total. The van der Waals surface area contributed by atoms with E-state index >= 15 is 0 Å². The van der Waals surface area contributed by atoms with Crippen LogP contribution in [0, 0.1) is 17.8 Å². The van der Waals surface area contributed by atoms with Crippen LogP contribution in [-0.2, 0) is 4.79 Å². The fraction of sp³-hybridized carbons (Fsp3) is 0.909. The van der Waals surface area contributed by atoms with Gasteiger partial charge in [0.2, 0.25) is 5.91 Å². The van der Waals surface area contributed by atoms with E-state index in [1.165, 1.54) is 19.5 Å². The molecule has 2 fully saturated rings. The van der Waals surface area contributed by atoms with Crippen molar-refractivity contribution in [3.63, 3.8) is 0 Å². The van der Waals surface area contributed by atoms with Gasteiger partial charge < -0.3 is 15.5 Å². The van der Waals surface area contributed by atoms with Gasteiger partial charge in [0.15, 0.2) is 5.96 Å². The number of carbonyl (C=O) groups is 1. The second kappa shape index (κ2) is 10.5. The van der Waals surface area contributed by atoms with Gasteiger partial charge in [-0.15, -0.1) is 0 Å². The summed E-state index contributed by atoms with van der Waals surface area (Å²) in [5, 5.41) is 6.24. The Morgan fingerprint density at radius 2 is 1.75 bits per heavy atom. The third-order valence-corrected chi connectivity index (χ3v) is 6.34. The van der Waals surface area contributed by atoms with Crippen LogP contribution >= 0.6 is 0 Å². The van der Waals surface area contributed by atoms with E-state index in [1.54, 1.807) is 7.05 Å². The number of guanidine groups is 1. The van der Waals surface area contributed by atoms with Gasteiger partial charge >= 0.3 is 0 Å². The molecule has 2 aliphatic heterocycles. The molecule has 2 saturated heterocycles. The summed E-state index contributed by atoms with van der Waals surface area (Å²) in [4.78, 5) is 21.7. The summed E-state index contributed by atoms with van der Waals surface area (Å²) in [6.45, 7) is 17.5. The zero-order valence-corrected chi connectivity index (χ0v) is 19.1. The maximum atomic E-state index is 11.6. The van der Waals surface area contributed by atoms with E-state index in [4.69, 9.17) is 4.99 Å². The van der Waals surface area contributed by atoms with Crippen molar-refractivity contribution in [3.8, 4) is 0 Å². The zero-order chi connectivity index (χ0) is 20.7. The summed E-state index contributed by atoms with van der Waals surface area (Å²) in [6, 6.07) is 0. The van der Waals surface area contributed by atoms with Gasteiger partial charge in [-0.3, -0.25) is 14.7 Å². The average molecular weight is 394 g/mol. The van der Waals surface area contributed by atoms with Crippen molar-refractivity contribution in [2.24, 2.45) is 22.7 Å². The van der Waals surface area contributed by atoms with Crippen LogP contribution in [0.5, 0.6) is 0 Å². The van der Waals surface area contributed by atoms with Crippen LogP contribution in [-0.4, -0.2) is 73.5 Å². The minimum Gasteiger partial charge on any atom is -0.359 e. The monoisotopic (exact) mass is 393 g/mol. The molecule has 28 heavy (non-hydrogen) atoms. The first-order chi connectivity index (χ1) is 13.2. The minimum absolute atomic E-state index is 0.0706. The lowest BCUT2D eigenvalue weighted by atomic mass is 9.88. The number of amides is 1. The topological polar surface area (TPSA) is 60.0 Å². The number of nitrogens with zero attached hydrogens (tertiary/aromatic N) is 3. The summed E-state index contributed by atoms with van der Waals surface area (Å²) >= 11 is 0. The Morgan fingerprint density at radius 1 is 1.14 bits per heavy atom. The van der Waals surface area contributed by atoms with E-state index in [0.29, 0.717) is 12.3 Å². The van der Waals surface area contributed by atoms with Crippen LogP contribution in [0.3, 0.4) is 0 Å². The Bertz CT molecular complexity index is 515. The molecule has 0 aromatic rings. The predicted molar refractivity (Wildman–Crippen MR) is 118 cm³/mol. The van der Waals surface area contributed by atoms with Gasteiger partial charge in [-0.25, -0.2) is 0 Å². The van der Waals surface area contributed by atoms with Gasteiger partial charge in [0.1, 0.15) is 0 Å². The summed E-state index contributed by atoms with van der Waals surface area (Å²) in [5.74, 6) is 3.21. The normalized spacial score (nSPS) is 25.6. The highest BCUT2D eigenvalue weighted by atomic mass is 16.1. The number of hydrogen-bond acceptors (Lipinski definition) is 3. The van der Waals surface area contributed by atoms with E-state index in [0.717, 1.165) is 56.8 Å². The summed E-state index contributed by atoms with van der Waals surface area (Å²) in [6.07, 6.45) is 4.10. The molecule has 2 unspecified atom stereocenters. The van der Waals surface area contributed by atoms with Crippen molar-refractivity contribution < 1.29 is 4.79 Å². The second-order valence-corrected chi connectivity index (χ2v) is 9.64. The van der Waals surface area contributed by atoms with Crippen LogP contribution in [0.2, 0.25) is 0 Å². The molecule has 0 spiro atoms. The van der Waals surface area contributed by atoms with Crippen LogP contribution in [0.4, 0.5) is 0 Å². The van der Waals surface area contributed by atoms with Crippen LogP contribution < -0.4 is 10.6 Å². The minimum atomic E-state index is 0.0706. The van der Waals surface area contributed by atoms with Crippen molar-refractivity contribution >= 4 is 11.9 Å². The Hall–Kier alpha value is -1.30. The molecule has 2 rings (SSSR count). The average Bonchev–Trinajstić information content (AvgIpc) is 2.65. The van der Waals surface area contributed by atoms with E-state index in [1.807, 2.05) is 0 Å². The Labute approximate surface area is 172 Å². The van der Waals surface area contributed by atoms with Crippen molar-refractivity contribution in [3.05, 3.63) is 0 Å². The third-order valence-electron chi connectivity index (χ3n) is 6.34. The largest absolute Gasteiger partial charge is 0.359 e. The summed E-state index contributed by atoms with van der Waals surface area (Å²) < 4.78 is 0. The maximum Gasteiger partial charge on any atom is 0.220 e. The lowest BCUT2D eigenvalue weighted by Crippen LogP contribution is -2.53. The van der Waals surface area contributed by atoms with Gasteiger partial charge in [-0.1, -0.05) is 13.8 Å².